The molecule has 0 amide bonds. The van der Waals surface area contributed by atoms with Crippen LogP contribution in [0, 0.1) is 0 Å². The van der Waals surface area contributed by atoms with Gasteiger partial charge in [0.2, 0.25) is 0 Å². The average Bonchev–Trinajstić information content (AvgIpc) is 2.09. The summed E-state index contributed by atoms with van der Waals surface area (Å²) in [4.78, 5) is 13.4. The van der Waals surface area contributed by atoms with E-state index in [-0.39, 0.29) is 5.97 Å². The van der Waals surface area contributed by atoms with Crippen LogP contribution in [-0.2, 0) is 9.53 Å². The van der Waals surface area contributed by atoms with Gasteiger partial charge in [-0.1, -0.05) is 0 Å². The maximum Gasteiger partial charge on any atom is 0.320 e. The van der Waals surface area contributed by atoms with E-state index in [0.29, 0.717) is 19.2 Å². The third kappa shape index (κ3) is 3.56. The third-order valence-corrected chi connectivity index (χ3v) is 3.33. The van der Waals surface area contributed by atoms with Gasteiger partial charge in [-0.25, -0.2) is 0 Å². The van der Waals surface area contributed by atoms with Crippen LogP contribution < -0.4 is 0 Å². The zero-order chi connectivity index (χ0) is 9.68. The lowest BCUT2D eigenvalue weighted by Crippen LogP contribution is -2.43. The molecule has 76 valence electrons. The predicted octanol–water partition coefficient (Wildman–Crippen LogP) is 0.987. The molecule has 0 aromatic carbocycles. The largest absolute Gasteiger partial charge is 0.465 e. The van der Waals surface area contributed by atoms with Gasteiger partial charge in [0.15, 0.2) is 0 Å². The lowest BCUT2D eigenvalue weighted by Gasteiger charge is -2.31. The molecule has 1 fully saturated rings. The fraction of sp³-hybridized carbons (Fsp3) is 0.889. The van der Waals surface area contributed by atoms with E-state index in [2.05, 4.69) is 11.8 Å². The van der Waals surface area contributed by atoms with Crippen molar-refractivity contribution in [1.29, 1.82) is 0 Å². The number of hydrogen-bond donors (Lipinski definition) is 0. The van der Waals surface area contributed by atoms with Gasteiger partial charge in [-0.15, -0.1) is 0 Å². The molecule has 0 aliphatic carbocycles. The van der Waals surface area contributed by atoms with E-state index in [4.69, 9.17) is 4.74 Å². The van der Waals surface area contributed by atoms with Crippen molar-refractivity contribution in [2.75, 3.05) is 31.2 Å². The van der Waals surface area contributed by atoms with E-state index in [1.54, 1.807) is 0 Å². The molecule has 1 rings (SSSR count). The first-order valence-corrected chi connectivity index (χ1v) is 5.87. The first-order chi connectivity index (χ1) is 6.24. The number of carbonyl (C=O) groups excluding carboxylic acids is 1. The maximum absolute atomic E-state index is 11.2. The zero-order valence-electron chi connectivity index (χ0n) is 8.28. The van der Waals surface area contributed by atoms with E-state index < -0.39 is 0 Å². The molecule has 0 aromatic rings. The molecule has 4 heteroatoms. The fourth-order valence-corrected chi connectivity index (χ4v) is 2.45. The number of esters is 1. The molecule has 0 aromatic heterocycles. The SMILES string of the molecule is CCOC(=O)CN1CCSCC1C. The minimum Gasteiger partial charge on any atom is -0.465 e. The highest BCUT2D eigenvalue weighted by Crippen LogP contribution is 2.15. The summed E-state index contributed by atoms with van der Waals surface area (Å²) < 4.78 is 4.91. The standard InChI is InChI=1S/C9H17NO2S/c1-3-12-9(11)6-10-4-5-13-7-8(10)2/h8H,3-7H2,1-2H3. The molecular weight excluding hydrogens is 186 g/mol. The van der Waals surface area contributed by atoms with Crippen LogP contribution >= 0.6 is 11.8 Å². The van der Waals surface area contributed by atoms with Crippen LogP contribution in [0.5, 0.6) is 0 Å². The lowest BCUT2D eigenvalue weighted by atomic mass is 10.3. The minimum absolute atomic E-state index is 0.0961. The number of hydrogen-bond acceptors (Lipinski definition) is 4. The molecule has 1 aliphatic heterocycles. The van der Waals surface area contributed by atoms with Crippen LogP contribution in [-0.4, -0.2) is 48.1 Å². The van der Waals surface area contributed by atoms with E-state index in [1.807, 2.05) is 18.7 Å². The molecule has 0 bridgehead atoms. The molecule has 1 atom stereocenters. The van der Waals surface area contributed by atoms with E-state index >= 15 is 0 Å². The number of nitrogens with zero attached hydrogens (tertiary/aromatic N) is 1. The van der Waals surface area contributed by atoms with Crippen molar-refractivity contribution in [3.8, 4) is 0 Å². The van der Waals surface area contributed by atoms with E-state index in [9.17, 15) is 4.79 Å². The van der Waals surface area contributed by atoms with Crippen molar-refractivity contribution in [1.82, 2.24) is 4.90 Å². The van der Waals surface area contributed by atoms with Crippen molar-refractivity contribution >= 4 is 17.7 Å². The summed E-state index contributed by atoms with van der Waals surface area (Å²) in [5, 5.41) is 0. The van der Waals surface area contributed by atoms with Gasteiger partial charge in [-0.2, -0.15) is 11.8 Å². The number of ether oxygens (including phenoxy) is 1. The van der Waals surface area contributed by atoms with Gasteiger partial charge in [-0.3, -0.25) is 9.69 Å². The molecule has 0 spiro atoms. The fourth-order valence-electron chi connectivity index (χ4n) is 1.37. The first-order valence-electron chi connectivity index (χ1n) is 4.71. The molecule has 1 unspecified atom stereocenters. The van der Waals surface area contributed by atoms with Crippen molar-refractivity contribution in [2.45, 2.75) is 19.9 Å². The molecule has 1 aliphatic rings. The number of rotatable bonds is 3. The zero-order valence-corrected chi connectivity index (χ0v) is 9.10. The Morgan fingerprint density at radius 2 is 2.46 bits per heavy atom. The molecule has 1 heterocycles. The van der Waals surface area contributed by atoms with E-state index in [1.165, 1.54) is 0 Å². The highest BCUT2D eigenvalue weighted by atomic mass is 32.2. The quantitative estimate of drug-likeness (QED) is 0.640. The Labute approximate surface area is 83.8 Å². The summed E-state index contributed by atoms with van der Waals surface area (Å²) in [5.41, 5.74) is 0. The molecule has 1 saturated heterocycles. The average molecular weight is 203 g/mol. The van der Waals surface area contributed by atoms with Crippen molar-refractivity contribution < 1.29 is 9.53 Å². The topological polar surface area (TPSA) is 29.5 Å². The summed E-state index contributed by atoms with van der Waals surface area (Å²) in [7, 11) is 0. The Balaban J connectivity index is 2.29. The van der Waals surface area contributed by atoms with Gasteiger partial charge in [0.1, 0.15) is 0 Å². The van der Waals surface area contributed by atoms with Crippen LogP contribution in [0.3, 0.4) is 0 Å². The molecule has 0 radical (unpaired) electrons. The lowest BCUT2D eigenvalue weighted by molar-refractivity contribution is -0.144. The van der Waals surface area contributed by atoms with E-state index in [0.717, 1.165) is 18.1 Å². The summed E-state index contributed by atoms with van der Waals surface area (Å²) in [6, 6.07) is 0.503. The highest BCUT2D eigenvalue weighted by Gasteiger charge is 2.20. The van der Waals surface area contributed by atoms with Crippen molar-refractivity contribution in [3.63, 3.8) is 0 Å². The summed E-state index contributed by atoms with van der Waals surface area (Å²) >= 11 is 1.95. The molecule has 0 N–H and O–H groups in total. The molecule has 3 nitrogen and oxygen atoms in total. The number of carbonyl (C=O) groups is 1. The monoisotopic (exact) mass is 203 g/mol. The van der Waals surface area contributed by atoms with Crippen LogP contribution in [0.15, 0.2) is 0 Å². The van der Waals surface area contributed by atoms with Gasteiger partial charge in [-0.05, 0) is 13.8 Å². The Bertz CT molecular complexity index is 175. The van der Waals surface area contributed by atoms with Crippen LogP contribution in [0.1, 0.15) is 13.8 Å². The van der Waals surface area contributed by atoms with Crippen molar-refractivity contribution in [2.24, 2.45) is 0 Å². The molecule has 13 heavy (non-hydrogen) atoms. The van der Waals surface area contributed by atoms with Crippen molar-refractivity contribution in [3.05, 3.63) is 0 Å². The Morgan fingerprint density at radius 1 is 1.69 bits per heavy atom. The normalized spacial score (nSPS) is 24.3. The van der Waals surface area contributed by atoms with Gasteiger partial charge < -0.3 is 4.74 Å². The van der Waals surface area contributed by atoms with Gasteiger partial charge >= 0.3 is 5.97 Å². The van der Waals surface area contributed by atoms with Crippen LogP contribution in [0.4, 0.5) is 0 Å². The summed E-state index contributed by atoms with van der Waals surface area (Å²) in [6.07, 6.45) is 0. The van der Waals surface area contributed by atoms with Crippen LogP contribution in [0.2, 0.25) is 0 Å². The van der Waals surface area contributed by atoms with Gasteiger partial charge in [0.05, 0.1) is 13.2 Å². The summed E-state index contributed by atoms with van der Waals surface area (Å²) in [5.74, 6) is 2.16. The smallest absolute Gasteiger partial charge is 0.320 e. The third-order valence-electron chi connectivity index (χ3n) is 2.14. The second-order valence-electron chi connectivity index (χ2n) is 3.20. The maximum atomic E-state index is 11.2. The summed E-state index contributed by atoms with van der Waals surface area (Å²) in [6.45, 7) is 5.94. The van der Waals surface area contributed by atoms with Gasteiger partial charge in [0.25, 0.3) is 0 Å². The predicted molar refractivity (Wildman–Crippen MR) is 55.0 cm³/mol. The first kappa shape index (κ1) is 10.9. The Morgan fingerprint density at radius 3 is 3.08 bits per heavy atom. The Kier molecular flexibility index (Phi) is 4.59. The highest BCUT2D eigenvalue weighted by molar-refractivity contribution is 7.99. The van der Waals surface area contributed by atoms with Crippen LogP contribution in [0.25, 0.3) is 0 Å². The minimum atomic E-state index is -0.0961. The molecule has 0 saturated carbocycles. The number of thioether (sulfide) groups is 1. The van der Waals surface area contributed by atoms with Gasteiger partial charge in [0, 0.05) is 24.1 Å². The second-order valence-corrected chi connectivity index (χ2v) is 4.35. The second kappa shape index (κ2) is 5.50. The Hall–Kier alpha value is -0.220. The molecular formula is C9H17NO2S.